The molecule has 0 saturated carbocycles. The smallest absolute Gasteiger partial charge is 0.273 e. The van der Waals surface area contributed by atoms with Crippen molar-refractivity contribution >= 4 is 22.4 Å². The molecule has 2 rings (SSSR count). The maximum atomic E-state index is 10.9. The molecular formula is C14H15N3O2S. The molecule has 0 spiro atoms. The quantitative estimate of drug-likeness (QED) is 0.879. The van der Waals surface area contributed by atoms with Crippen LogP contribution in [0.3, 0.4) is 0 Å². The van der Waals surface area contributed by atoms with Gasteiger partial charge in [-0.25, -0.2) is 9.97 Å². The molecule has 0 atom stereocenters. The third-order valence-corrected chi connectivity index (χ3v) is 3.24. The number of unbranched alkanes of at least 4 members (excludes halogenated alkanes) is 1. The normalized spacial score (nSPS) is 9.90. The zero-order chi connectivity index (χ0) is 14.4. The first-order valence-electron chi connectivity index (χ1n) is 6.37. The van der Waals surface area contributed by atoms with E-state index in [0.29, 0.717) is 11.0 Å². The summed E-state index contributed by atoms with van der Waals surface area (Å²) < 4.78 is 5.51. The number of amides is 1. The molecular weight excluding hydrogens is 274 g/mol. The Morgan fingerprint density at radius 1 is 1.40 bits per heavy atom. The lowest BCUT2D eigenvalue weighted by Crippen LogP contribution is -2.04. The van der Waals surface area contributed by atoms with Crippen molar-refractivity contribution in [1.82, 2.24) is 9.97 Å². The maximum Gasteiger partial charge on any atom is 0.273 e. The molecule has 2 aromatic heterocycles. The number of aryl methyl sites for hydroxylation is 1. The summed E-state index contributed by atoms with van der Waals surface area (Å²) in [5.74, 6) is 6.90. The van der Waals surface area contributed by atoms with Crippen LogP contribution in [0.2, 0.25) is 0 Å². The number of rotatable bonds is 4. The van der Waals surface area contributed by atoms with Gasteiger partial charge in [-0.3, -0.25) is 4.79 Å². The minimum atomic E-state index is -0.146. The summed E-state index contributed by atoms with van der Waals surface area (Å²) in [5.41, 5.74) is 0. The van der Waals surface area contributed by atoms with Gasteiger partial charge in [0.05, 0.1) is 17.3 Å². The Morgan fingerprint density at radius 2 is 2.25 bits per heavy atom. The highest BCUT2D eigenvalue weighted by Crippen LogP contribution is 2.17. The second kappa shape index (κ2) is 6.87. The van der Waals surface area contributed by atoms with Gasteiger partial charge < -0.3 is 9.73 Å². The third kappa shape index (κ3) is 4.21. The lowest BCUT2D eigenvalue weighted by atomic mass is 10.2. The molecule has 1 N–H and O–H groups in total. The van der Waals surface area contributed by atoms with Gasteiger partial charge in [-0.2, -0.15) is 0 Å². The molecule has 0 aliphatic carbocycles. The molecule has 6 heteroatoms. The average molecular weight is 289 g/mol. The van der Waals surface area contributed by atoms with E-state index in [1.807, 2.05) is 0 Å². The lowest BCUT2D eigenvalue weighted by Gasteiger charge is -1.91. The van der Waals surface area contributed by atoms with Gasteiger partial charge in [-0.15, -0.1) is 0 Å². The summed E-state index contributed by atoms with van der Waals surface area (Å²) >= 11 is 1.32. The first-order chi connectivity index (χ1) is 9.67. The van der Waals surface area contributed by atoms with E-state index in [4.69, 9.17) is 4.42 Å². The standard InChI is InChI=1S/C14H15N3O2S/c1-3-4-5-11-8-15-13(19-11)7-6-12-9-16-14(20-12)17-10(2)18/h8-9H,3-5H2,1-2H3,(H,16,17,18). The van der Waals surface area contributed by atoms with Crippen LogP contribution >= 0.6 is 11.3 Å². The number of aromatic nitrogens is 2. The molecule has 0 aliphatic heterocycles. The molecule has 0 bridgehead atoms. The minimum absolute atomic E-state index is 0.146. The van der Waals surface area contributed by atoms with Crippen LogP contribution in [0.4, 0.5) is 5.13 Å². The number of thiazole rings is 1. The number of carbonyl (C=O) groups is 1. The highest BCUT2D eigenvalue weighted by atomic mass is 32.1. The maximum absolute atomic E-state index is 10.9. The summed E-state index contributed by atoms with van der Waals surface area (Å²) in [6.07, 6.45) is 6.42. The fourth-order valence-corrected chi connectivity index (χ4v) is 2.20. The molecule has 0 saturated heterocycles. The van der Waals surface area contributed by atoms with Gasteiger partial charge in [-0.05, 0) is 18.3 Å². The van der Waals surface area contributed by atoms with Gasteiger partial charge >= 0.3 is 0 Å². The van der Waals surface area contributed by atoms with Crippen LogP contribution < -0.4 is 5.32 Å². The topological polar surface area (TPSA) is 68.0 Å². The van der Waals surface area contributed by atoms with E-state index in [1.54, 1.807) is 12.4 Å². The molecule has 0 fully saturated rings. The van der Waals surface area contributed by atoms with Crippen molar-refractivity contribution in [3.8, 4) is 11.8 Å². The van der Waals surface area contributed by atoms with Crippen LogP contribution in [0.25, 0.3) is 0 Å². The fraction of sp³-hybridized carbons (Fsp3) is 0.357. The van der Waals surface area contributed by atoms with Gasteiger partial charge in [0.2, 0.25) is 5.91 Å². The van der Waals surface area contributed by atoms with Gasteiger partial charge in [0.1, 0.15) is 5.76 Å². The Bertz CT molecular complexity index is 649. The fourth-order valence-electron chi connectivity index (χ4n) is 1.49. The van der Waals surface area contributed by atoms with E-state index in [-0.39, 0.29) is 5.91 Å². The number of oxazole rings is 1. The van der Waals surface area contributed by atoms with Gasteiger partial charge in [0, 0.05) is 13.3 Å². The second-order valence-electron chi connectivity index (χ2n) is 4.20. The van der Waals surface area contributed by atoms with E-state index >= 15 is 0 Å². The Hall–Kier alpha value is -2.13. The molecule has 1 amide bonds. The van der Waals surface area contributed by atoms with E-state index < -0.39 is 0 Å². The van der Waals surface area contributed by atoms with E-state index in [2.05, 4.69) is 34.0 Å². The molecule has 0 unspecified atom stereocenters. The first-order valence-corrected chi connectivity index (χ1v) is 7.19. The second-order valence-corrected chi connectivity index (χ2v) is 5.23. The zero-order valence-corrected chi connectivity index (χ0v) is 12.2. The molecule has 104 valence electrons. The van der Waals surface area contributed by atoms with E-state index in [1.165, 1.54) is 18.3 Å². The summed E-state index contributed by atoms with van der Waals surface area (Å²) in [6, 6.07) is 0. The van der Waals surface area contributed by atoms with Crippen LogP contribution in [-0.4, -0.2) is 15.9 Å². The highest BCUT2D eigenvalue weighted by Gasteiger charge is 2.02. The van der Waals surface area contributed by atoms with Crippen LogP contribution in [0.1, 0.15) is 43.2 Å². The molecule has 0 aromatic carbocycles. The van der Waals surface area contributed by atoms with Crippen LogP contribution in [0, 0.1) is 11.8 Å². The first kappa shape index (κ1) is 14.3. The zero-order valence-electron chi connectivity index (χ0n) is 11.4. The van der Waals surface area contributed by atoms with Gasteiger partial charge in [0.25, 0.3) is 5.89 Å². The summed E-state index contributed by atoms with van der Waals surface area (Å²) in [5, 5.41) is 3.15. The Kier molecular flexibility index (Phi) is 4.91. The number of anilines is 1. The number of nitrogens with zero attached hydrogens (tertiary/aromatic N) is 2. The van der Waals surface area contributed by atoms with E-state index in [0.717, 1.165) is 29.9 Å². The van der Waals surface area contributed by atoms with Crippen molar-refractivity contribution in [1.29, 1.82) is 0 Å². The number of nitrogens with one attached hydrogen (secondary N) is 1. The third-order valence-electron chi connectivity index (χ3n) is 2.41. The average Bonchev–Trinajstić information content (AvgIpc) is 3.02. The van der Waals surface area contributed by atoms with Crippen LogP contribution in [-0.2, 0) is 11.2 Å². The molecule has 20 heavy (non-hydrogen) atoms. The Labute approximate surface area is 121 Å². The molecule has 0 aliphatic rings. The van der Waals surface area contributed by atoms with Crippen molar-refractivity contribution in [3.05, 3.63) is 28.9 Å². The number of carbonyl (C=O) groups excluding carboxylic acids is 1. The van der Waals surface area contributed by atoms with Crippen molar-refractivity contribution in [2.24, 2.45) is 0 Å². The monoisotopic (exact) mass is 289 g/mol. The van der Waals surface area contributed by atoms with Gasteiger partial charge in [0.15, 0.2) is 5.13 Å². The molecule has 2 heterocycles. The van der Waals surface area contributed by atoms with Gasteiger partial charge in [-0.1, -0.05) is 24.7 Å². The summed E-state index contributed by atoms with van der Waals surface area (Å²) in [7, 11) is 0. The summed E-state index contributed by atoms with van der Waals surface area (Å²) in [6.45, 7) is 3.57. The Balaban J connectivity index is 2.01. The van der Waals surface area contributed by atoms with Crippen molar-refractivity contribution in [2.45, 2.75) is 33.1 Å². The highest BCUT2D eigenvalue weighted by molar-refractivity contribution is 7.16. The molecule has 5 nitrogen and oxygen atoms in total. The Morgan fingerprint density at radius 3 is 3.00 bits per heavy atom. The van der Waals surface area contributed by atoms with Crippen molar-refractivity contribution < 1.29 is 9.21 Å². The largest absolute Gasteiger partial charge is 0.435 e. The molecule has 2 aromatic rings. The van der Waals surface area contributed by atoms with Crippen LogP contribution in [0.15, 0.2) is 16.8 Å². The van der Waals surface area contributed by atoms with Crippen LogP contribution in [0.5, 0.6) is 0 Å². The minimum Gasteiger partial charge on any atom is -0.435 e. The summed E-state index contributed by atoms with van der Waals surface area (Å²) in [4.78, 5) is 19.8. The predicted molar refractivity (Wildman–Crippen MR) is 77.5 cm³/mol. The lowest BCUT2D eigenvalue weighted by molar-refractivity contribution is -0.114. The SMILES string of the molecule is CCCCc1cnc(C#Cc2cnc(NC(C)=O)s2)o1. The number of hydrogen-bond donors (Lipinski definition) is 1. The van der Waals surface area contributed by atoms with E-state index in [9.17, 15) is 4.79 Å². The van der Waals surface area contributed by atoms with Crippen molar-refractivity contribution in [3.63, 3.8) is 0 Å². The molecule has 0 radical (unpaired) electrons. The van der Waals surface area contributed by atoms with Crippen molar-refractivity contribution in [2.75, 3.05) is 5.32 Å². The number of hydrogen-bond acceptors (Lipinski definition) is 5. The predicted octanol–water partition coefficient (Wildman–Crippen LogP) is 2.83.